The highest BCUT2D eigenvalue weighted by molar-refractivity contribution is 5.99. The molecule has 0 aliphatic carbocycles. The van der Waals surface area contributed by atoms with E-state index in [4.69, 9.17) is 5.73 Å². The molecule has 17 nitrogen and oxygen atoms in total. The molecule has 0 unspecified atom stereocenters. The van der Waals surface area contributed by atoms with Gasteiger partial charge in [-0.3, -0.25) is 38.4 Å². The number of nitrogens with two attached hydrogens (primary N) is 1. The lowest BCUT2D eigenvalue weighted by molar-refractivity contribution is -0.138. The molecule has 2 rings (SSSR count). The number of benzene rings is 1. The Morgan fingerprint density at radius 1 is 0.462 bits per heavy atom. The maximum atomic E-state index is 14.4. The summed E-state index contributed by atoms with van der Waals surface area (Å²) in [5, 5.41) is 22.6. The van der Waals surface area contributed by atoms with Gasteiger partial charge >= 0.3 is 0 Å². The van der Waals surface area contributed by atoms with Crippen molar-refractivity contribution in [3.8, 4) is 0 Å². The van der Waals surface area contributed by atoms with E-state index in [-0.39, 0.29) is 25.2 Å². The van der Waals surface area contributed by atoms with E-state index in [0.29, 0.717) is 45.1 Å². The predicted octanol–water partition coefficient (Wildman–Crippen LogP) is 2.50. The van der Waals surface area contributed by atoms with Crippen LogP contribution in [0.1, 0.15) is 133 Å². The lowest BCUT2D eigenvalue weighted by Crippen LogP contribution is -2.63. The maximum absolute atomic E-state index is 14.4. The van der Waals surface area contributed by atoms with Gasteiger partial charge in [0, 0.05) is 6.42 Å². The third-order valence-electron chi connectivity index (χ3n) is 12.8. The minimum absolute atomic E-state index is 0.0475. The number of hydrogen-bond acceptors (Lipinski definition) is 9. The summed E-state index contributed by atoms with van der Waals surface area (Å²) in [5.74, 6) is -6.79. The molecule has 12 atom stereocenters. The van der Waals surface area contributed by atoms with Gasteiger partial charge in [-0.25, -0.2) is 0 Å². The summed E-state index contributed by atoms with van der Waals surface area (Å²) in [6.45, 7) is 20.2. The Hall–Kier alpha value is -5.06. The first-order valence-electron chi connectivity index (χ1n) is 23.9. The Morgan fingerprint density at radius 3 is 1.28 bits per heavy atom. The quantitative estimate of drug-likeness (QED) is 0.110. The Kier molecular flexibility index (Phi) is 24.2. The summed E-state index contributed by atoms with van der Waals surface area (Å²) in [5.41, 5.74) is 6.53. The molecule has 0 aromatic heterocycles. The Bertz CT molecular complexity index is 1730. The molecule has 0 radical (unpaired) electrons. The van der Waals surface area contributed by atoms with Crippen LogP contribution in [-0.4, -0.2) is 102 Å². The fraction of sp³-hybridized carbons (Fsp3) is 0.708. The largest absolute Gasteiger partial charge is 0.343 e. The lowest BCUT2D eigenvalue weighted by atomic mass is 9.94. The summed E-state index contributed by atoms with van der Waals surface area (Å²) < 4.78 is 0. The monoisotopic (exact) mass is 912 g/mol. The van der Waals surface area contributed by atoms with Gasteiger partial charge in [0.1, 0.15) is 48.3 Å². The van der Waals surface area contributed by atoms with Crippen molar-refractivity contribution in [3.05, 3.63) is 35.9 Å². The van der Waals surface area contributed by atoms with Crippen LogP contribution < -0.4 is 48.3 Å². The predicted molar refractivity (Wildman–Crippen MR) is 251 cm³/mol. The molecule has 10 N–H and O–H groups in total. The molecular formula is C48H81N9O8. The van der Waals surface area contributed by atoms with Gasteiger partial charge in [0.15, 0.2) is 0 Å². The highest BCUT2D eigenvalue weighted by Gasteiger charge is 2.38. The van der Waals surface area contributed by atoms with E-state index in [1.807, 2.05) is 59.7 Å². The molecule has 0 bridgehead atoms. The molecule has 1 saturated heterocycles. The number of carbonyl (C=O) groups excluding carboxylic acids is 8. The molecule has 1 aliphatic heterocycles. The van der Waals surface area contributed by atoms with Crippen molar-refractivity contribution in [2.24, 2.45) is 35.3 Å². The van der Waals surface area contributed by atoms with Crippen LogP contribution >= 0.6 is 0 Å². The van der Waals surface area contributed by atoms with Gasteiger partial charge in [0.25, 0.3) is 0 Å². The summed E-state index contributed by atoms with van der Waals surface area (Å²) in [4.78, 5) is 113. The van der Waals surface area contributed by atoms with Crippen molar-refractivity contribution in [3.63, 3.8) is 0 Å². The van der Waals surface area contributed by atoms with Crippen molar-refractivity contribution in [1.82, 2.24) is 42.5 Å². The van der Waals surface area contributed by atoms with E-state index < -0.39 is 119 Å². The zero-order chi connectivity index (χ0) is 49.0. The third kappa shape index (κ3) is 17.7. The maximum Gasteiger partial charge on any atom is 0.243 e. The van der Waals surface area contributed by atoms with Gasteiger partial charge in [-0.1, -0.05) is 125 Å². The molecule has 17 heteroatoms. The second kappa shape index (κ2) is 28.1. The van der Waals surface area contributed by atoms with Crippen LogP contribution in [0.4, 0.5) is 0 Å². The van der Waals surface area contributed by atoms with Gasteiger partial charge in [-0.05, 0) is 74.3 Å². The van der Waals surface area contributed by atoms with Crippen LogP contribution in [0, 0.1) is 29.6 Å². The molecule has 1 fully saturated rings. The first-order valence-corrected chi connectivity index (χ1v) is 23.9. The molecule has 8 amide bonds. The van der Waals surface area contributed by atoms with Gasteiger partial charge in [0.2, 0.25) is 47.3 Å². The Balaban J connectivity index is 2.81. The summed E-state index contributed by atoms with van der Waals surface area (Å²) in [6.07, 6.45) is 3.35. The van der Waals surface area contributed by atoms with Crippen molar-refractivity contribution >= 4 is 47.3 Å². The SMILES string of the molecule is CC[C@H](C)[C@@H]1NC(=O)[C@H](CCCCN)NC(=O)[C@@H]([C@@H](C)CC)NC(=O)[C@H]([C@@H](C)CC)NC(=O)[C@@H](C)NC(=O)[C@H]([C@@H](C)CC)NC(=O)[C@@H](CC(C)C)NC(=O)[C@@H](Cc2ccccc2)NC1=O. The molecule has 1 aromatic rings. The fourth-order valence-electron chi connectivity index (χ4n) is 7.52. The number of carbonyl (C=O) groups is 8. The normalized spacial score (nSPS) is 27.0. The first kappa shape index (κ1) is 56.1. The summed E-state index contributed by atoms with van der Waals surface area (Å²) >= 11 is 0. The molecule has 1 aliphatic rings. The minimum Gasteiger partial charge on any atom is -0.343 e. The van der Waals surface area contributed by atoms with Gasteiger partial charge in [-0.2, -0.15) is 0 Å². The van der Waals surface area contributed by atoms with Gasteiger partial charge in [-0.15, -0.1) is 0 Å². The van der Waals surface area contributed by atoms with E-state index in [1.165, 1.54) is 6.92 Å². The van der Waals surface area contributed by atoms with Crippen molar-refractivity contribution in [2.75, 3.05) is 6.54 Å². The Morgan fingerprint density at radius 2 is 0.831 bits per heavy atom. The second-order valence-electron chi connectivity index (χ2n) is 18.5. The number of amides is 8. The smallest absolute Gasteiger partial charge is 0.243 e. The molecule has 0 saturated carbocycles. The van der Waals surface area contributed by atoms with Crippen LogP contribution in [0.3, 0.4) is 0 Å². The standard InChI is InChI=1S/C48H81N9O8/c1-12-28(7)37-45(62)50-32(11)41(58)54-40(31(10)15-4)48(65)57-39(30(9)14-3)46(63)51-34(23-19-20-24-49)42(59)55-38(29(8)13-2)47(64)53-36(26-33-21-17-16-18-22-33)43(60)52-35(25-27(5)6)44(61)56-37/h16-18,21-22,27-32,34-40H,12-15,19-20,23-26,49H2,1-11H3,(H,50,62)(H,51,63)(H,52,60)(H,53,64)(H,54,58)(H,55,59)(H,56,61)(H,57,65)/t28-,29-,30-,31-,32+,34-,35+,36+,37-,38-,39+,40-/m0/s1. The summed E-state index contributed by atoms with van der Waals surface area (Å²) in [7, 11) is 0. The lowest BCUT2D eigenvalue weighted by Gasteiger charge is -2.32. The number of unbranched alkanes of at least 4 members (excludes halogenated alkanes) is 1. The molecule has 0 spiro atoms. The molecule has 1 heterocycles. The fourth-order valence-corrected chi connectivity index (χ4v) is 7.52. The highest BCUT2D eigenvalue weighted by Crippen LogP contribution is 2.17. The number of nitrogens with one attached hydrogen (secondary N) is 8. The van der Waals surface area contributed by atoms with Crippen LogP contribution in [-0.2, 0) is 44.8 Å². The van der Waals surface area contributed by atoms with Crippen LogP contribution in [0.5, 0.6) is 0 Å². The van der Waals surface area contributed by atoms with E-state index in [1.54, 1.807) is 39.8 Å². The third-order valence-corrected chi connectivity index (χ3v) is 12.8. The summed E-state index contributed by atoms with van der Waals surface area (Å²) in [6, 6.07) is -0.0336. The van der Waals surface area contributed by atoms with Crippen molar-refractivity contribution in [2.45, 2.75) is 182 Å². The first-order chi connectivity index (χ1) is 30.7. The Labute approximate surface area is 387 Å². The van der Waals surface area contributed by atoms with Crippen LogP contribution in [0.25, 0.3) is 0 Å². The van der Waals surface area contributed by atoms with E-state index in [2.05, 4.69) is 42.5 Å². The van der Waals surface area contributed by atoms with Crippen molar-refractivity contribution < 1.29 is 38.4 Å². The zero-order valence-corrected chi connectivity index (χ0v) is 40.8. The van der Waals surface area contributed by atoms with Crippen LogP contribution in [0.15, 0.2) is 30.3 Å². The number of rotatable bonds is 16. The number of hydrogen-bond donors (Lipinski definition) is 9. The molecule has 65 heavy (non-hydrogen) atoms. The average Bonchev–Trinajstić information content (AvgIpc) is 3.28. The van der Waals surface area contributed by atoms with E-state index >= 15 is 0 Å². The molecule has 1 aromatic carbocycles. The topological polar surface area (TPSA) is 259 Å². The van der Waals surface area contributed by atoms with Gasteiger partial charge in [0.05, 0.1) is 0 Å². The minimum atomic E-state index is -1.20. The zero-order valence-electron chi connectivity index (χ0n) is 40.8. The molecule has 366 valence electrons. The average molecular weight is 912 g/mol. The van der Waals surface area contributed by atoms with Gasteiger partial charge < -0.3 is 48.3 Å². The highest BCUT2D eigenvalue weighted by atomic mass is 16.2. The second-order valence-corrected chi connectivity index (χ2v) is 18.5. The van der Waals surface area contributed by atoms with Crippen LogP contribution in [0.2, 0.25) is 0 Å². The van der Waals surface area contributed by atoms with E-state index in [9.17, 15) is 38.4 Å². The van der Waals surface area contributed by atoms with Crippen molar-refractivity contribution in [1.29, 1.82) is 0 Å². The van der Waals surface area contributed by atoms with E-state index in [0.717, 1.165) is 5.56 Å². The molecular weight excluding hydrogens is 831 g/mol.